The highest BCUT2D eigenvalue weighted by atomic mass is 35.5. The number of fused-ring (bicyclic) bond motifs is 2. The highest BCUT2D eigenvalue weighted by Crippen LogP contribution is 2.44. The topological polar surface area (TPSA) is 102 Å². The van der Waals surface area contributed by atoms with Gasteiger partial charge in [-0.25, -0.2) is 18.4 Å². The number of anilines is 1. The van der Waals surface area contributed by atoms with Gasteiger partial charge in [0.15, 0.2) is 0 Å². The second-order valence-corrected chi connectivity index (χ2v) is 16.6. The molecule has 2 aromatic carbocycles. The maximum absolute atomic E-state index is 13.1. The Bertz CT molecular complexity index is 2060. The molecule has 50 heavy (non-hydrogen) atoms. The van der Waals surface area contributed by atoms with Gasteiger partial charge in [-0.2, -0.15) is 22.7 Å². The van der Waals surface area contributed by atoms with Crippen molar-refractivity contribution >= 4 is 49.2 Å². The molecular formula is C35H40ClF3N8O2S. The van der Waals surface area contributed by atoms with Crippen molar-refractivity contribution in [3.05, 3.63) is 64.6 Å². The minimum absolute atomic E-state index is 0.0980. The molecule has 10 nitrogen and oxygen atoms in total. The van der Waals surface area contributed by atoms with Crippen LogP contribution in [0.5, 0.6) is 0 Å². The normalized spacial score (nSPS) is 20.0. The van der Waals surface area contributed by atoms with E-state index in [0.29, 0.717) is 66.7 Å². The maximum atomic E-state index is 13.1. The van der Waals surface area contributed by atoms with Crippen LogP contribution in [0.3, 0.4) is 0 Å². The molecule has 3 fully saturated rings. The molecule has 0 amide bonds. The van der Waals surface area contributed by atoms with Crippen molar-refractivity contribution in [2.24, 2.45) is 5.41 Å². The number of piperazine rings is 1. The van der Waals surface area contributed by atoms with Crippen LogP contribution in [0.25, 0.3) is 21.8 Å². The quantitative estimate of drug-likeness (QED) is 0.242. The summed E-state index contributed by atoms with van der Waals surface area (Å²) in [7, 11) is -3.21. The van der Waals surface area contributed by atoms with E-state index in [1.807, 2.05) is 16.7 Å². The number of halogens is 4. The zero-order valence-electron chi connectivity index (χ0n) is 28.1. The second kappa shape index (κ2) is 13.2. The molecule has 1 atom stereocenters. The summed E-state index contributed by atoms with van der Waals surface area (Å²) in [5.41, 5.74) is 3.45. The van der Waals surface area contributed by atoms with Crippen molar-refractivity contribution < 1.29 is 21.6 Å². The first-order chi connectivity index (χ1) is 23.7. The van der Waals surface area contributed by atoms with Gasteiger partial charge < -0.3 is 9.47 Å². The first-order valence-corrected chi connectivity index (χ1v) is 19.1. The summed E-state index contributed by atoms with van der Waals surface area (Å²) >= 11 is 7.02. The van der Waals surface area contributed by atoms with Gasteiger partial charge in [-0.05, 0) is 68.2 Å². The number of piperidine rings is 1. The van der Waals surface area contributed by atoms with Crippen LogP contribution in [-0.2, 0) is 29.5 Å². The molecule has 15 heteroatoms. The molecule has 7 rings (SSSR count). The van der Waals surface area contributed by atoms with Crippen LogP contribution in [0, 0.1) is 16.7 Å². The molecule has 2 aromatic heterocycles. The number of aromatic nitrogens is 3. The Morgan fingerprint density at radius 3 is 2.38 bits per heavy atom. The average molecular weight is 729 g/mol. The number of alkyl halides is 3. The zero-order chi connectivity index (χ0) is 35.4. The molecule has 0 aliphatic carbocycles. The molecule has 1 unspecified atom stereocenters. The molecule has 3 saturated heterocycles. The van der Waals surface area contributed by atoms with Crippen molar-refractivity contribution in [3.8, 4) is 6.07 Å². The van der Waals surface area contributed by atoms with Crippen LogP contribution < -0.4 is 4.90 Å². The number of nitrogens with zero attached hydrogens (tertiary/aromatic N) is 8. The number of rotatable bonds is 8. The Hall–Kier alpha value is -3.48. The van der Waals surface area contributed by atoms with Crippen molar-refractivity contribution in [3.63, 3.8) is 0 Å². The number of likely N-dealkylation sites (tertiary alicyclic amines) is 1. The Labute approximate surface area is 295 Å². The van der Waals surface area contributed by atoms with Crippen molar-refractivity contribution in [2.45, 2.75) is 51.5 Å². The summed E-state index contributed by atoms with van der Waals surface area (Å²) in [6.45, 7) is 8.99. The van der Waals surface area contributed by atoms with Crippen LogP contribution in [0.1, 0.15) is 36.6 Å². The van der Waals surface area contributed by atoms with E-state index in [-0.39, 0.29) is 17.0 Å². The van der Waals surface area contributed by atoms with Gasteiger partial charge in [0.1, 0.15) is 23.9 Å². The van der Waals surface area contributed by atoms with E-state index in [2.05, 4.69) is 43.7 Å². The lowest BCUT2D eigenvalue weighted by molar-refractivity contribution is -0.127. The minimum Gasteiger partial charge on any atom is -0.355 e. The first kappa shape index (κ1) is 34.9. The number of nitriles is 1. The minimum atomic E-state index is -4.28. The van der Waals surface area contributed by atoms with Gasteiger partial charge in [-0.3, -0.25) is 9.80 Å². The predicted octanol–water partition coefficient (Wildman–Crippen LogP) is 5.28. The highest BCUT2D eigenvalue weighted by molar-refractivity contribution is 7.88. The lowest BCUT2D eigenvalue weighted by atomic mass is 9.72. The Morgan fingerprint density at radius 2 is 1.72 bits per heavy atom. The fourth-order valence-electron chi connectivity index (χ4n) is 7.95. The third-order valence-electron chi connectivity index (χ3n) is 10.8. The largest absolute Gasteiger partial charge is 0.393 e. The van der Waals surface area contributed by atoms with Crippen molar-refractivity contribution in [1.29, 1.82) is 5.26 Å². The summed E-state index contributed by atoms with van der Waals surface area (Å²) in [6.07, 6.45) is -0.539. The van der Waals surface area contributed by atoms with Gasteiger partial charge in [-0.15, -0.1) is 0 Å². The van der Waals surface area contributed by atoms with Gasteiger partial charge in [0.05, 0.1) is 28.7 Å². The predicted molar refractivity (Wildman–Crippen MR) is 188 cm³/mol. The molecule has 4 aromatic rings. The van der Waals surface area contributed by atoms with E-state index >= 15 is 0 Å². The zero-order valence-corrected chi connectivity index (χ0v) is 29.7. The molecule has 1 spiro atoms. The van der Waals surface area contributed by atoms with E-state index in [1.165, 1.54) is 23.0 Å². The molecule has 3 aliphatic heterocycles. The van der Waals surface area contributed by atoms with Crippen LogP contribution in [0.15, 0.2) is 42.7 Å². The summed E-state index contributed by atoms with van der Waals surface area (Å²) in [5, 5.41) is 12.2. The first-order valence-electron chi connectivity index (χ1n) is 16.9. The average Bonchev–Trinajstić information content (AvgIpc) is 3.42. The summed E-state index contributed by atoms with van der Waals surface area (Å²) < 4.78 is 66.6. The standard InChI is InChI=1S/C35H40ClF3N8O2S/c1-24(44-11-13-46(14-12-44)50(2,48)49)19-47-27(18-40)16-29-31(47)6-4-26(32(29)36)20-43-9-7-34(8-10-43)21-45(22-34)33-28-15-25(17-35(37,38)39)3-5-30(28)41-23-42-33/h3-6,15-16,23-24H,7-14,17,19-22H2,1-2H3. The van der Waals surface area contributed by atoms with Crippen molar-refractivity contribution in [2.75, 3.05) is 63.5 Å². The lowest BCUT2D eigenvalue weighted by Crippen LogP contribution is -2.60. The van der Waals surface area contributed by atoms with Crippen LogP contribution in [-0.4, -0.2) is 108 Å². The Morgan fingerprint density at radius 1 is 1.00 bits per heavy atom. The molecule has 266 valence electrons. The van der Waals surface area contributed by atoms with Crippen LogP contribution in [0.4, 0.5) is 19.0 Å². The van der Waals surface area contributed by atoms with Gasteiger partial charge in [-0.1, -0.05) is 23.7 Å². The fraction of sp³-hybridized carbons (Fsp3) is 0.514. The monoisotopic (exact) mass is 728 g/mol. The number of benzene rings is 2. The fourth-order valence-corrected chi connectivity index (χ4v) is 9.05. The third kappa shape index (κ3) is 7.03. The van der Waals surface area contributed by atoms with Crippen LogP contribution in [0.2, 0.25) is 5.02 Å². The van der Waals surface area contributed by atoms with E-state index in [0.717, 1.165) is 55.5 Å². The maximum Gasteiger partial charge on any atom is 0.393 e. The van der Waals surface area contributed by atoms with Gasteiger partial charge in [0, 0.05) is 74.6 Å². The highest BCUT2D eigenvalue weighted by Gasteiger charge is 2.45. The summed E-state index contributed by atoms with van der Waals surface area (Å²) in [6, 6.07) is 13.1. The SMILES string of the molecule is CC(Cn1c(C#N)cc2c(Cl)c(CN3CCC4(CC3)CN(c3ncnc5ccc(CC(F)(F)F)cc35)C4)ccc21)N1CCN(S(C)(=O)=O)CC1. The van der Waals surface area contributed by atoms with Gasteiger partial charge >= 0.3 is 6.18 Å². The molecule has 3 aliphatic rings. The van der Waals surface area contributed by atoms with E-state index in [4.69, 9.17) is 11.6 Å². The summed E-state index contributed by atoms with van der Waals surface area (Å²) in [5.74, 6) is 0.694. The molecular weight excluding hydrogens is 689 g/mol. The van der Waals surface area contributed by atoms with E-state index < -0.39 is 22.6 Å². The molecule has 0 radical (unpaired) electrons. The van der Waals surface area contributed by atoms with Crippen molar-refractivity contribution in [1.82, 2.24) is 28.6 Å². The molecule has 0 saturated carbocycles. The smallest absolute Gasteiger partial charge is 0.355 e. The lowest BCUT2D eigenvalue weighted by Gasteiger charge is -2.54. The molecule has 0 N–H and O–H groups in total. The summed E-state index contributed by atoms with van der Waals surface area (Å²) in [4.78, 5) is 15.6. The van der Waals surface area contributed by atoms with E-state index in [1.54, 1.807) is 12.1 Å². The Balaban J connectivity index is 0.981. The number of hydrogen-bond donors (Lipinski definition) is 0. The van der Waals surface area contributed by atoms with Gasteiger partial charge in [0.2, 0.25) is 10.0 Å². The third-order valence-corrected chi connectivity index (χ3v) is 12.5. The van der Waals surface area contributed by atoms with E-state index in [9.17, 15) is 26.9 Å². The van der Waals surface area contributed by atoms with Crippen LogP contribution >= 0.6 is 11.6 Å². The molecule has 0 bridgehead atoms. The van der Waals surface area contributed by atoms with Gasteiger partial charge in [0.25, 0.3) is 0 Å². The molecule has 5 heterocycles. The number of hydrogen-bond acceptors (Lipinski definition) is 8. The Kier molecular flexibility index (Phi) is 9.26. The number of sulfonamides is 1. The second-order valence-electron chi connectivity index (χ2n) is 14.2.